The zero-order valence-corrected chi connectivity index (χ0v) is 15.1. The largest absolute Gasteiger partial charge is 0.395 e. The third-order valence-electron chi connectivity index (χ3n) is 5.85. The van der Waals surface area contributed by atoms with E-state index in [0.717, 1.165) is 19.3 Å². The van der Waals surface area contributed by atoms with Gasteiger partial charge in [-0.25, -0.2) is 12.7 Å². The molecule has 3 fully saturated rings. The molecular weight excluding hydrogens is 322 g/mol. The maximum absolute atomic E-state index is 13.2. The molecule has 4 rings (SSSR count). The summed E-state index contributed by atoms with van der Waals surface area (Å²) in [7, 11) is -3.66. The van der Waals surface area contributed by atoms with Crippen LogP contribution in [0.3, 0.4) is 0 Å². The fourth-order valence-electron chi connectivity index (χ4n) is 4.27. The lowest BCUT2D eigenvalue weighted by Gasteiger charge is -2.61. The van der Waals surface area contributed by atoms with Gasteiger partial charge in [0.15, 0.2) is 0 Å². The van der Waals surface area contributed by atoms with E-state index < -0.39 is 10.0 Å². The topological polar surface area (TPSA) is 57.6 Å². The Bertz CT molecular complexity index is 744. The van der Waals surface area contributed by atoms with Crippen molar-refractivity contribution in [3.05, 3.63) is 30.3 Å². The fraction of sp³-hybridized carbons (Fsp3) is 0.579. The first-order chi connectivity index (χ1) is 11.4. The van der Waals surface area contributed by atoms with Crippen molar-refractivity contribution in [2.45, 2.75) is 50.5 Å². The molecule has 24 heavy (non-hydrogen) atoms. The molecule has 130 valence electrons. The van der Waals surface area contributed by atoms with E-state index in [1.54, 1.807) is 30.3 Å². The van der Waals surface area contributed by atoms with Gasteiger partial charge in [0, 0.05) is 12.5 Å². The number of benzene rings is 1. The van der Waals surface area contributed by atoms with Crippen molar-refractivity contribution in [3.8, 4) is 12.0 Å². The van der Waals surface area contributed by atoms with Crippen LogP contribution in [0.2, 0.25) is 0 Å². The Kier molecular flexibility index (Phi) is 4.63. The SMILES string of the molecule is CC1(C)C2CCC(N(C#CCCO)S(=O)(=O)c3ccccc3)C1C2. The Morgan fingerprint density at radius 2 is 1.96 bits per heavy atom. The molecule has 4 nitrogen and oxygen atoms in total. The summed E-state index contributed by atoms with van der Waals surface area (Å²) in [5.41, 5.74) is 0.173. The van der Waals surface area contributed by atoms with Crippen LogP contribution in [-0.4, -0.2) is 30.5 Å². The van der Waals surface area contributed by atoms with E-state index in [1.807, 2.05) is 0 Å². The lowest BCUT2D eigenvalue weighted by Crippen LogP contribution is -2.59. The third-order valence-corrected chi connectivity index (χ3v) is 7.60. The van der Waals surface area contributed by atoms with Gasteiger partial charge >= 0.3 is 0 Å². The Balaban J connectivity index is 1.97. The molecular formula is C19H25NO3S. The van der Waals surface area contributed by atoms with E-state index >= 15 is 0 Å². The Morgan fingerprint density at radius 1 is 1.25 bits per heavy atom. The number of rotatable bonds is 4. The van der Waals surface area contributed by atoms with Crippen LogP contribution in [0, 0.1) is 29.2 Å². The van der Waals surface area contributed by atoms with Crippen molar-refractivity contribution in [1.82, 2.24) is 4.31 Å². The number of hydrogen-bond acceptors (Lipinski definition) is 3. The van der Waals surface area contributed by atoms with Crippen LogP contribution in [0.5, 0.6) is 0 Å². The summed E-state index contributed by atoms with van der Waals surface area (Å²) in [5, 5.41) is 8.98. The van der Waals surface area contributed by atoms with Crippen LogP contribution in [0.4, 0.5) is 0 Å². The molecule has 3 aliphatic rings. The second-order valence-electron chi connectivity index (χ2n) is 7.38. The Morgan fingerprint density at radius 3 is 2.54 bits per heavy atom. The molecule has 3 aliphatic carbocycles. The third kappa shape index (κ3) is 2.82. The van der Waals surface area contributed by atoms with Crippen molar-refractivity contribution in [2.24, 2.45) is 17.3 Å². The maximum Gasteiger partial charge on any atom is 0.271 e. The molecule has 0 heterocycles. The quantitative estimate of drug-likeness (QED) is 0.673. The Labute approximate surface area is 144 Å². The highest BCUT2D eigenvalue weighted by Gasteiger charge is 2.57. The van der Waals surface area contributed by atoms with E-state index in [1.165, 1.54) is 4.31 Å². The lowest BCUT2D eigenvalue weighted by atomic mass is 9.47. The molecule has 1 aromatic rings. The van der Waals surface area contributed by atoms with Gasteiger partial charge in [-0.2, -0.15) is 0 Å². The van der Waals surface area contributed by atoms with Crippen LogP contribution in [-0.2, 0) is 10.0 Å². The minimum Gasteiger partial charge on any atom is -0.395 e. The first-order valence-electron chi connectivity index (χ1n) is 8.58. The van der Waals surface area contributed by atoms with Crippen molar-refractivity contribution in [2.75, 3.05) is 6.61 Å². The normalized spacial score (nSPS) is 27.5. The molecule has 5 heteroatoms. The van der Waals surface area contributed by atoms with Crippen LogP contribution < -0.4 is 0 Å². The molecule has 0 saturated heterocycles. The summed E-state index contributed by atoms with van der Waals surface area (Å²) in [6.45, 7) is 4.42. The zero-order valence-electron chi connectivity index (χ0n) is 14.3. The first-order valence-corrected chi connectivity index (χ1v) is 10.0. The molecule has 3 atom stereocenters. The predicted molar refractivity (Wildman–Crippen MR) is 93.3 cm³/mol. The predicted octanol–water partition coefficient (Wildman–Crippen LogP) is 2.85. The van der Waals surface area contributed by atoms with Crippen molar-refractivity contribution < 1.29 is 13.5 Å². The van der Waals surface area contributed by atoms with E-state index in [0.29, 0.717) is 11.8 Å². The van der Waals surface area contributed by atoms with E-state index in [9.17, 15) is 8.42 Å². The standard InChI is InChI=1S/C19H25NO3S/c1-19(2)15-10-11-18(17(19)14-15)20(12-6-7-13-21)24(22,23)16-8-4-3-5-9-16/h3-5,8-9,15,17-18,21H,7,10-11,13-14H2,1-2H3. The van der Waals surface area contributed by atoms with Gasteiger partial charge in [-0.05, 0) is 48.6 Å². The summed E-state index contributed by atoms with van der Waals surface area (Å²) in [4.78, 5) is 0.280. The minimum absolute atomic E-state index is 0.0616. The number of nitrogens with zero attached hydrogens (tertiary/aromatic N) is 1. The van der Waals surface area contributed by atoms with Crippen LogP contribution >= 0.6 is 0 Å². The van der Waals surface area contributed by atoms with Gasteiger partial charge in [0.1, 0.15) is 0 Å². The molecule has 3 saturated carbocycles. The van der Waals surface area contributed by atoms with Crippen LogP contribution in [0.15, 0.2) is 35.2 Å². The van der Waals surface area contributed by atoms with Gasteiger partial charge in [-0.15, -0.1) is 0 Å². The van der Waals surface area contributed by atoms with Crippen LogP contribution in [0.25, 0.3) is 0 Å². The summed E-state index contributed by atoms with van der Waals surface area (Å²) in [6, 6.07) is 11.3. The van der Waals surface area contributed by atoms with E-state index in [-0.39, 0.29) is 29.4 Å². The van der Waals surface area contributed by atoms with Crippen molar-refractivity contribution in [1.29, 1.82) is 0 Å². The van der Waals surface area contributed by atoms with Gasteiger partial charge in [0.05, 0.1) is 17.5 Å². The number of sulfonamides is 1. The maximum atomic E-state index is 13.2. The minimum atomic E-state index is -3.66. The fourth-order valence-corrected chi connectivity index (χ4v) is 5.79. The average Bonchev–Trinajstić information content (AvgIpc) is 2.59. The monoisotopic (exact) mass is 347 g/mol. The van der Waals surface area contributed by atoms with Gasteiger partial charge in [-0.3, -0.25) is 0 Å². The highest BCUT2D eigenvalue weighted by atomic mass is 32.2. The summed E-state index contributed by atoms with van der Waals surface area (Å²) < 4.78 is 27.7. The first kappa shape index (κ1) is 17.3. The van der Waals surface area contributed by atoms with E-state index in [4.69, 9.17) is 5.11 Å². The lowest BCUT2D eigenvalue weighted by molar-refractivity contribution is -0.0969. The molecule has 0 spiro atoms. The molecule has 0 radical (unpaired) electrons. The van der Waals surface area contributed by atoms with Crippen LogP contribution in [0.1, 0.15) is 39.5 Å². The van der Waals surface area contributed by atoms with Gasteiger partial charge in [0.2, 0.25) is 0 Å². The smallest absolute Gasteiger partial charge is 0.271 e. The highest BCUT2D eigenvalue weighted by molar-refractivity contribution is 7.89. The molecule has 0 amide bonds. The molecule has 1 aromatic carbocycles. The number of aliphatic hydroxyl groups excluding tert-OH is 1. The number of fused-ring (bicyclic) bond motifs is 2. The van der Waals surface area contributed by atoms with E-state index in [2.05, 4.69) is 25.8 Å². The number of hydrogen-bond donors (Lipinski definition) is 1. The molecule has 0 aromatic heterocycles. The molecule has 3 unspecified atom stereocenters. The highest BCUT2D eigenvalue weighted by Crippen LogP contribution is 2.60. The Hall–Kier alpha value is -1.51. The van der Waals surface area contributed by atoms with Gasteiger partial charge in [0.25, 0.3) is 10.0 Å². The molecule has 1 N–H and O–H groups in total. The average molecular weight is 347 g/mol. The van der Waals surface area contributed by atoms with Crippen molar-refractivity contribution >= 4 is 10.0 Å². The summed E-state index contributed by atoms with van der Waals surface area (Å²) in [5.74, 6) is 3.87. The summed E-state index contributed by atoms with van der Waals surface area (Å²) in [6.07, 6.45) is 3.28. The second kappa shape index (κ2) is 6.42. The van der Waals surface area contributed by atoms with Gasteiger partial charge in [-0.1, -0.05) is 38.0 Å². The summed E-state index contributed by atoms with van der Waals surface area (Å²) >= 11 is 0. The second-order valence-corrected chi connectivity index (χ2v) is 9.20. The van der Waals surface area contributed by atoms with Gasteiger partial charge < -0.3 is 5.11 Å². The number of aliphatic hydroxyl groups is 1. The molecule has 2 bridgehead atoms. The molecule has 0 aliphatic heterocycles. The zero-order chi connectivity index (χ0) is 17.4. The van der Waals surface area contributed by atoms with Crippen molar-refractivity contribution in [3.63, 3.8) is 0 Å².